The van der Waals surface area contributed by atoms with Crippen LogP contribution in [0.15, 0.2) is 0 Å². The molecule has 0 heterocycles. The fraction of sp³-hybridized carbons (Fsp3) is 0. The van der Waals surface area contributed by atoms with E-state index < -0.39 is 6.16 Å². The quantitative estimate of drug-likeness (QED) is 0.231. The third-order valence-corrected chi connectivity index (χ3v) is 0. The van der Waals surface area contributed by atoms with Crippen LogP contribution in [-0.4, -0.2) is 16.4 Å². The first kappa shape index (κ1) is 15.7. The van der Waals surface area contributed by atoms with Crippen molar-refractivity contribution >= 4 is 6.16 Å². The Kier molecular flexibility index (Phi) is 36.6. The summed E-state index contributed by atoms with van der Waals surface area (Å²) in [6.07, 6.45) is -1.83. The molecule has 0 aromatic rings. The Morgan fingerprint density at radius 2 is 1.43 bits per heavy atom. The summed E-state index contributed by atoms with van der Waals surface area (Å²) < 4.78 is 0. The SMILES string of the molecule is O=C(O)O.[CH2-]N.[Na+]. The molecular weight excluding hydrogens is 109 g/mol. The van der Waals surface area contributed by atoms with Crippen molar-refractivity contribution in [2.24, 2.45) is 5.73 Å². The van der Waals surface area contributed by atoms with Gasteiger partial charge in [-0.25, -0.2) is 4.79 Å². The van der Waals surface area contributed by atoms with Gasteiger partial charge < -0.3 is 15.9 Å². The molecule has 0 aliphatic rings. The van der Waals surface area contributed by atoms with E-state index >= 15 is 0 Å². The van der Waals surface area contributed by atoms with Crippen LogP contribution in [0.4, 0.5) is 4.79 Å². The third kappa shape index (κ3) is 2110. The van der Waals surface area contributed by atoms with E-state index in [1.54, 1.807) is 0 Å². The summed E-state index contributed by atoms with van der Waals surface area (Å²) in [5.74, 6) is 0. The van der Waals surface area contributed by atoms with E-state index in [1.807, 2.05) is 0 Å². The van der Waals surface area contributed by atoms with Gasteiger partial charge in [0.05, 0.1) is 0 Å². The minimum atomic E-state index is -1.83. The van der Waals surface area contributed by atoms with Crippen LogP contribution in [0.3, 0.4) is 0 Å². The first-order valence-electron chi connectivity index (χ1n) is 1.06. The number of carboxylic acid groups (broad SMARTS) is 2. The van der Waals surface area contributed by atoms with Gasteiger partial charge in [-0.15, -0.1) is 0 Å². The Balaban J connectivity index is -0.0000000480. The van der Waals surface area contributed by atoms with E-state index in [1.165, 1.54) is 0 Å². The maximum absolute atomic E-state index is 8.56. The average molecular weight is 115 g/mol. The van der Waals surface area contributed by atoms with Gasteiger partial charge in [0, 0.05) is 0 Å². The minimum absolute atomic E-state index is 0. The molecule has 0 aromatic heterocycles. The van der Waals surface area contributed by atoms with Crippen molar-refractivity contribution in [3.63, 3.8) is 0 Å². The molecule has 4 nitrogen and oxygen atoms in total. The van der Waals surface area contributed by atoms with Gasteiger partial charge in [-0.1, -0.05) is 0 Å². The molecule has 0 atom stereocenters. The maximum Gasteiger partial charge on any atom is 1.00 e. The molecule has 0 aliphatic heterocycles. The number of nitrogens with two attached hydrogens (primary N) is 1. The van der Waals surface area contributed by atoms with Crippen molar-refractivity contribution in [1.29, 1.82) is 0 Å². The predicted octanol–water partition coefficient (Wildman–Crippen LogP) is -3.04. The van der Waals surface area contributed by atoms with Crippen molar-refractivity contribution in [3.05, 3.63) is 7.05 Å². The number of rotatable bonds is 0. The summed E-state index contributed by atoms with van der Waals surface area (Å²) in [7, 11) is 2.75. The molecule has 0 aromatic carbocycles. The molecule has 0 fully saturated rings. The van der Waals surface area contributed by atoms with Crippen molar-refractivity contribution in [3.8, 4) is 0 Å². The fourth-order valence-electron chi connectivity index (χ4n) is 0. The summed E-state index contributed by atoms with van der Waals surface area (Å²) in [5, 5.41) is 13.9. The summed E-state index contributed by atoms with van der Waals surface area (Å²) in [6.45, 7) is 0. The first-order chi connectivity index (χ1) is 2.73. The number of carbonyl (C=O) groups is 1. The average Bonchev–Trinajstić information content (AvgIpc) is 1.41. The Morgan fingerprint density at radius 3 is 1.43 bits per heavy atom. The van der Waals surface area contributed by atoms with E-state index in [0.29, 0.717) is 0 Å². The molecule has 5 heteroatoms. The largest absolute Gasteiger partial charge is 1.00 e. The molecule has 0 spiro atoms. The summed E-state index contributed by atoms with van der Waals surface area (Å²) >= 11 is 0. The van der Waals surface area contributed by atoms with E-state index in [-0.39, 0.29) is 29.6 Å². The molecule has 0 amide bonds. The van der Waals surface area contributed by atoms with Gasteiger partial charge in [-0.05, 0) is 0 Å². The summed E-state index contributed by atoms with van der Waals surface area (Å²) in [4.78, 5) is 8.56. The molecule has 0 bridgehead atoms. The van der Waals surface area contributed by atoms with Crippen LogP contribution in [0, 0.1) is 7.05 Å². The molecule has 0 radical (unpaired) electrons. The van der Waals surface area contributed by atoms with Gasteiger partial charge in [-0.2, -0.15) is 0 Å². The summed E-state index contributed by atoms with van der Waals surface area (Å²) in [5.41, 5.74) is 4.25. The van der Waals surface area contributed by atoms with Crippen LogP contribution in [-0.2, 0) is 0 Å². The van der Waals surface area contributed by atoms with Crippen LogP contribution in [0.1, 0.15) is 0 Å². The van der Waals surface area contributed by atoms with Crippen molar-refractivity contribution in [1.82, 2.24) is 0 Å². The second kappa shape index (κ2) is 16.3. The van der Waals surface area contributed by atoms with Crippen LogP contribution in [0.25, 0.3) is 0 Å². The predicted molar refractivity (Wildman–Crippen MR) is 20.2 cm³/mol. The zero-order chi connectivity index (χ0) is 5.58. The zero-order valence-corrected chi connectivity index (χ0v) is 6.09. The van der Waals surface area contributed by atoms with Gasteiger partial charge in [-0.3, -0.25) is 7.05 Å². The monoisotopic (exact) mass is 115 g/mol. The van der Waals surface area contributed by atoms with E-state index in [2.05, 4.69) is 12.8 Å². The molecular formula is C2H6NNaO3. The third-order valence-electron chi connectivity index (χ3n) is 0. The zero-order valence-electron chi connectivity index (χ0n) is 4.09. The number of hydrogen-bond donors (Lipinski definition) is 3. The fourth-order valence-corrected chi connectivity index (χ4v) is 0. The Bertz CT molecular complexity index is 35.9. The van der Waals surface area contributed by atoms with Crippen LogP contribution >= 0.6 is 0 Å². The van der Waals surface area contributed by atoms with Crippen LogP contribution in [0.2, 0.25) is 0 Å². The molecule has 0 aliphatic carbocycles. The van der Waals surface area contributed by atoms with Crippen molar-refractivity contribution in [2.75, 3.05) is 0 Å². The van der Waals surface area contributed by atoms with Gasteiger partial charge >= 0.3 is 35.7 Å². The van der Waals surface area contributed by atoms with Gasteiger partial charge in [0.1, 0.15) is 0 Å². The van der Waals surface area contributed by atoms with E-state index in [4.69, 9.17) is 15.0 Å². The Hall–Kier alpha value is 0.230. The van der Waals surface area contributed by atoms with Gasteiger partial charge in [0.15, 0.2) is 0 Å². The second-order valence-corrected chi connectivity index (χ2v) is 0.283. The molecule has 4 N–H and O–H groups in total. The maximum atomic E-state index is 8.56. The van der Waals surface area contributed by atoms with Crippen LogP contribution < -0.4 is 35.3 Å². The van der Waals surface area contributed by atoms with Crippen molar-refractivity contribution < 1.29 is 44.6 Å². The number of hydrogen-bond acceptors (Lipinski definition) is 2. The molecule has 0 saturated heterocycles. The van der Waals surface area contributed by atoms with Crippen molar-refractivity contribution in [2.45, 2.75) is 0 Å². The van der Waals surface area contributed by atoms with E-state index in [0.717, 1.165) is 0 Å². The molecule has 38 valence electrons. The topological polar surface area (TPSA) is 83.5 Å². The summed E-state index contributed by atoms with van der Waals surface area (Å²) in [6, 6.07) is 0. The Labute approximate surface area is 63.6 Å². The second-order valence-electron chi connectivity index (χ2n) is 0.283. The van der Waals surface area contributed by atoms with E-state index in [9.17, 15) is 0 Å². The minimum Gasteiger partial charge on any atom is -0.486 e. The smallest absolute Gasteiger partial charge is 0.486 e. The molecule has 0 rings (SSSR count). The normalized spacial score (nSPS) is 4.29. The van der Waals surface area contributed by atoms with Gasteiger partial charge in [0.25, 0.3) is 0 Å². The Morgan fingerprint density at radius 1 is 1.43 bits per heavy atom. The van der Waals surface area contributed by atoms with Gasteiger partial charge in [0.2, 0.25) is 0 Å². The molecule has 0 saturated carbocycles. The standard InChI is InChI=1S/CH4N.CH2O3.Na/c1-2;2-1(3)4;/h1-2H2;(H2,2,3,4);/q-1;;+1. The first-order valence-corrected chi connectivity index (χ1v) is 1.06. The van der Waals surface area contributed by atoms with Crippen LogP contribution in [0.5, 0.6) is 0 Å². The molecule has 0 unspecified atom stereocenters. The molecule has 7 heavy (non-hydrogen) atoms.